The van der Waals surface area contributed by atoms with Crippen molar-refractivity contribution in [1.29, 1.82) is 0 Å². The Balaban J connectivity index is 1.73. The zero-order chi connectivity index (χ0) is 20.4. The average molecular weight is 426 g/mol. The van der Waals surface area contributed by atoms with Crippen molar-refractivity contribution in [3.63, 3.8) is 0 Å². The molecule has 0 radical (unpaired) electrons. The Bertz CT molecular complexity index is 1220. The summed E-state index contributed by atoms with van der Waals surface area (Å²) in [5.74, 6) is -0.768. The van der Waals surface area contributed by atoms with Crippen LogP contribution in [0.2, 0.25) is 0 Å². The van der Waals surface area contributed by atoms with Gasteiger partial charge in [-0.15, -0.1) is 11.3 Å². The van der Waals surface area contributed by atoms with Gasteiger partial charge in [0.05, 0.1) is 12.5 Å². The van der Waals surface area contributed by atoms with Crippen LogP contribution in [0.1, 0.15) is 10.8 Å². The molecule has 29 heavy (non-hydrogen) atoms. The third-order valence-electron chi connectivity index (χ3n) is 4.32. The van der Waals surface area contributed by atoms with E-state index < -0.39 is 11.2 Å². The highest BCUT2D eigenvalue weighted by atomic mass is 32.2. The molecule has 0 fully saturated rings. The Hall–Kier alpha value is -2.97. The van der Waals surface area contributed by atoms with Gasteiger partial charge in [0.1, 0.15) is 15.9 Å². The molecular weight excluding hydrogens is 411 g/mol. The fraction of sp³-hybridized carbons (Fsp3) is 0.0952. The monoisotopic (exact) mass is 426 g/mol. The minimum Gasteiger partial charge on any atom is -0.468 e. The van der Waals surface area contributed by atoms with Crippen LogP contribution in [0.4, 0.5) is 4.39 Å². The van der Waals surface area contributed by atoms with E-state index in [1.54, 1.807) is 12.1 Å². The number of nitrogens with one attached hydrogen (secondary N) is 1. The zero-order valence-corrected chi connectivity index (χ0v) is 16.9. The van der Waals surface area contributed by atoms with Crippen molar-refractivity contribution >= 4 is 39.3 Å². The summed E-state index contributed by atoms with van der Waals surface area (Å²) < 4.78 is 18.1. The lowest BCUT2D eigenvalue weighted by molar-refractivity contribution is -0.140. The molecule has 146 valence electrons. The van der Waals surface area contributed by atoms with E-state index >= 15 is 0 Å². The summed E-state index contributed by atoms with van der Waals surface area (Å²) in [6.07, 6.45) is 0. The molecule has 0 aliphatic rings. The molecule has 0 spiro atoms. The lowest BCUT2D eigenvalue weighted by Gasteiger charge is -2.13. The Labute approximate surface area is 173 Å². The molecule has 0 aliphatic heterocycles. The van der Waals surface area contributed by atoms with Gasteiger partial charge < -0.3 is 9.72 Å². The number of halogens is 1. The predicted octanol–water partition coefficient (Wildman–Crippen LogP) is 4.80. The second-order valence-corrected chi connectivity index (χ2v) is 8.09. The molecule has 0 bridgehead atoms. The number of nitrogens with zero attached hydrogens (tertiary/aromatic N) is 1. The first kappa shape index (κ1) is 19.4. The van der Waals surface area contributed by atoms with Gasteiger partial charge in [-0.05, 0) is 23.3 Å². The molecule has 1 N–H and O–H groups in total. The molecular formula is C21H15FN2O3S2. The Kier molecular flexibility index (Phi) is 5.46. The third-order valence-corrected chi connectivity index (χ3v) is 6.31. The number of aromatic amines is 1. The number of benzene rings is 2. The van der Waals surface area contributed by atoms with Crippen LogP contribution in [-0.4, -0.2) is 23.0 Å². The third kappa shape index (κ3) is 3.94. The minimum atomic E-state index is -0.654. The summed E-state index contributed by atoms with van der Waals surface area (Å²) in [6, 6.07) is 15.1. The minimum absolute atomic E-state index is 0.310. The number of methoxy groups -OCH3 is 1. The molecule has 4 rings (SSSR count). The van der Waals surface area contributed by atoms with E-state index in [2.05, 4.69) is 9.97 Å². The van der Waals surface area contributed by atoms with Crippen LogP contribution in [0, 0.1) is 5.82 Å². The van der Waals surface area contributed by atoms with E-state index in [1.165, 1.54) is 30.6 Å². The number of rotatable bonds is 5. The number of thioether (sulfide) groups is 1. The highest BCUT2D eigenvalue weighted by molar-refractivity contribution is 8.00. The molecule has 0 amide bonds. The molecule has 8 heteroatoms. The number of hydrogen-bond acceptors (Lipinski definition) is 6. The second kappa shape index (κ2) is 8.18. The van der Waals surface area contributed by atoms with Crippen LogP contribution in [-0.2, 0) is 9.53 Å². The first-order valence-electron chi connectivity index (χ1n) is 8.63. The van der Waals surface area contributed by atoms with Crippen LogP contribution in [0.3, 0.4) is 0 Å². The SMILES string of the molecule is COC(=O)C(Sc1nc2scc(-c3ccc(F)cc3)c2c(=O)[nH]1)c1ccccc1. The first-order chi connectivity index (χ1) is 14.1. The maximum absolute atomic E-state index is 13.2. The molecule has 4 aromatic rings. The fourth-order valence-corrected chi connectivity index (χ4v) is 4.94. The lowest BCUT2D eigenvalue weighted by Crippen LogP contribution is -2.14. The molecule has 2 aromatic carbocycles. The van der Waals surface area contributed by atoms with Crippen molar-refractivity contribution < 1.29 is 13.9 Å². The summed E-state index contributed by atoms with van der Waals surface area (Å²) in [5.41, 5.74) is 1.88. The van der Waals surface area contributed by atoms with Gasteiger partial charge >= 0.3 is 5.97 Å². The van der Waals surface area contributed by atoms with Crippen LogP contribution in [0.15, 0.2) is 69.9 Å². The number of aromatic nitrogens is 2. The van der Waals surface area contributed by atoms with E-state index in [9.17, 15) is 14.0 Å². The number of hydrogen-bond donors (Lipinski definition) is 1. The van der Waals surface area contributed by atoms with Crippen LogP contribution < -0.4 is 5.56 Å². The molecule has 0 saturated heterocycles. The molecule has 2 aromatic heterocycles. The maximum atomic E-state index is 13.2. The van der Waals surface area contributed by atoms with E-state index in [1.807, 2.05) is 35.7 Å². The van der Waals surface area contributed by atoms with Gasteiger partial charge in [0.2, 0.25) is 0 Å². The van der Waals surface area contributed by atoms with Gasteiger partial charge in [0, 0.05) is 10.9 Å². The zero-order valence-electron chi connectivity index (χ0n) is 15.2. The van der Waals surface area contributed by atoms with Gasteiger partial charge in [0.25, 0.3) is 5.56 Å². The first-order valence-corrected chi connectivity index (χ1v) is 10.4. The van der Waals surface area contributed by atoms with E-state index in [0.717, 1.165) is 22.9 Å². The fourth-order valence-electron chi connectivity index (χ4n) is 2.93. The predicted molar refractivity (Wildman–Crippen MR) is 113 cm³/mol. The molecule has 0 saturated carbocycles. The number of ether oxygens (including phenoxy) is 1. The van der Waals surface area contributed by atoms with Gasteiger partial charge in [-0.25, -0.2) is 9.37 Å². The summed E-state index contributed by atoms with van der Waals surface area (Å²) in [4.78, 5) is 32.9. The Morgan fingerprint density at radius 3 is 2.59 bits per heavy atom. The number of carbonyl (C=O) groups is 1. The highest BCUT2D eigenvalue weighted by Gasteiger charge is 2.24. The van der Waals surface area contributed by atoms with Crippen LogP contribution in [0.25, 0.3) is 21.3 Å². The second-order valence-electron chi connectivity index (χ2n) is 6.14. The largest absolute Gasteiger partial charge is 0.468 e. The topological polar surface area (TPSA) is 72.0 Å². The number of carbonyl (C=O) groups excluding carboxylic acids is 1. The Morgan fingerprint density at radius 1 is 1.17 bits per heavy atom. The molecule has 1 atom stereocenters. The van der Waals surface area contributed by atoms with Crippen molar-refractivity contribution in [2.75, 3.05) is 7.11 Å². The maximum Gasteiger partial charge on any atom is 0.323 e. The summed E-state index contributed by atoms with van der Waals surface area (Å²) in [5, 5.41) is 1.94. The normalized spacial score (nSPS) is 12.1. The Morgan fingerprint density at radius 2 is 1.90 bits per heavy atom. The van der Waals surface area contributed by atoms with Crippen molar-refractivity contribution in [2.24, 2.45) is 0 Å². The number of fused-ring (bicyclic) bond motifs is 1. The van der Waals surface area contributed by atoms with Gasteiger partial charge in [0.15, 0.2) is 5.16 Å². The highest BCUT2D eigenvalue weighted by Crippen LogP contribution is 2.36. The number of H-pyrrole nitrogens is 1. The van der Waals surface area contributed by atoms with Crippen LogP contribution in [0.5, 0.6) is 0 Å². The quantitative estimate of drug-likeness (QED) is 0.282. The summed E-state index contributed by atoms with van der Waals surface area (Å²) in [6.45, 7) is 0. The van der Waals surface area contributed by atoms with Crippen molar-refractivity contribution in [1.82, 2.24) is 9.97 Å². The number of thiophene rings is 1. The van der Waals surface area contributed by atoms with Crippen molar-refractivity contribution in [2.45, 2.75) is 10.4 Å². The summed E-state index contributed by atoms with van der Waals surface area (Å²) >= 11 is 2.45. The van der Waals surface area contributed by atoms with E-state index in [-0.39, 0.29) is 11.4 Å². The average Bonchev–Trinajstić information content (AvgIpc) is 3.17. The lowest BCUT2D eigenvalue weighted by atomic mass is 10.1. The molecule has 5 nitrogen and oxygen atoms in total. The molecule has 2 heterocycles. The van der Waals surface area contributed by atoms with Crippen molar-refractivity contribution in [3.05, 3.63) is 81.7 Å². The standard InChI is InChI=1S/C21H15FN2O3S2/c1-27-20(26)17(13-5-3-2-4-6-13)29-21-23-18(25)16-15(11-28-19(16)24-21)12-7-9-14(22)10-8-12/h2-11,17H,1H3,(H,23,24,25). The molecule has 0 aliphatic carbocycles. The van der Waals surface area contributed by atoms with Gasteiger partial charge in [-0.1, -0.05) is 54.2 Å². The van der Waals surface area contributed by atoms with Gasteiger partial charge in [-0.2, -0.15) is 0 Å². The van der Waals surface area contributed by atoms with Crippen molar-refractivity contribution in [3.8, 4) is 11.1 Å². The van der Waals surface area contributed by atoms with E-state index in [4.69, 9.17) is 4.74 Å². The number of esters is 1. The van der Waals surface area contributed by atoms with E-state index in [0.29, 0.717) is 20.9 Å². The van der Waals surface area contributed by atoms with Crippen LogP contribution >= 0.6 is 23.1 Å². The summed E-state index contributed by atoms with van der Waals surface area (Å²) in [7, 11) is 1.33. The van der Waals surface area contributed by atoms with Gasteiger partial charge in [-0.3, -0.25) is 9.59 Å². The molecule has 1 unspecified atom stereocenters. The smallest absolute Gasteiger partial charge is 0.323 e.